The molecule has 12 heteroatoms. The molecule has 1 aromatic carbocycles. The van der Waals surface area contributed by atoms with E-state index >= 15 is 0 Å². The molecule has 5 atom stereocenters. The van der Waals surface area contributed by atoms with Crippen LogP contribution in [0.15, 0.2) is 29.2 Å². The lowest BCUT2D eigenvalue weighted by Gasteiger charge is -2.30. The highest BCUT2D eigenvalue weighted by molar-refractivity contribution is 7.89. The summed E-state index contributed by atoms with van der Waals surface area (Å²) >= 11 is 0. The molecule has 3 fully saturated rings. The van der Waals surface area contributed by atoms with Gasteiger partial charge in [0.2, 0.25) is 0 Å². The Hall–Kier alpha value is -1.96. The number of ether oxygens (including phenoxy) is 3. The van der Waals surface area contributed by atoms with Gasteiger partial charge in [-0.15, -0.1) is 0 Å². The Morgan fingerprint density at radius 1 is 1.20 bits per heavy atom. The molecule has 35 heavy (non-hydrogen) atoms. The van der Waals surface area contributed by atoms with E-state index in [0.29, 0.717) is 13.0 Å². The number of hydrogen-bond donors (Lipinski definition) is 3. The van der Waals surface area contributed by atoms with Crippen molar-refractivity contribution in [3.63, 3.8) is 0 Å². The summed E-state index contributed by atoms with van der Waals surface area (Å²) in [5.41, 5.74) is 0. The van der Waals surface area contributed by atoms with E-state index in [2.05, 4.69) is 5.32 Å². The molecule has 3 aliphatic rings. The van der Waals surface area contributed by atoms with Gasteiger partial charge in [0.15, 0.2) is 6.29 Å². The molecule has 2 heterocycles. The molecule has 2 saturated heterocycles. The summed E-state index contributed by atoms with van der Waals surface area (Å²) < 4.78 is 43.9. The van der Waals surface area contributed by atoms with E-state index in [-0.39, 0.29) is 42.1 Å². The van der Waals surface area contributed by atoms with E-state index in [4.69, 9.17) is 19.0 Å². The van der Waals surface area contributed by atoms with Crippen LogP contribution in [0.5, 0.6) is 5.75 Å². The number of nitrogens with zero attached hydrogens (tertiary/aromatic N) is 1. The predicted octanol–water partition coefficient (Wildman–Crippen LogP) is 1.88. The quantitative estimate of drug-likeness (QED) is 0.399. The van der Waals surface area contributed by atoms with Crippen LogP contribution in [0, 0.1) is 5.92 Å². The smallest absolute Gasteiger partial charge is 0.407 e. The number of phenols is 1. The summed E-state index contributed by atoms with van der Waals surface area (Å²) in [7, 11) is -4.13. The maximum absolute atomic E-state index is 13.3. The lowest BCUT2D eigenvalue weighted by atomic mass is 10.0. The van der Waals surface area contributed by atoms with Gasteiger partial charge in [0.25, 0.3) is 10.0 Å². The zero-order chi connectivity index (χ0) is 25.0. The monoisotopic (exact) mass is 514 g/mol. The van der Waals surface area contributed by atoms with Crippen molar-refractivity contribution in [2.45, 2.75) is 81.0 Å². The predicted molar refractivity (Wildman–Crippen MR) is 123 cm³/mol. The molecule has 1 aromatic rings. The minimum Gasteiger partial charge on any atom is -0.508 e. The number of fused-ring (bicyclic) bond motifs is 1. The molecular weight excluding hydrogens is 480 g/mol. The summed E-state index contributed by atoms with van der Waals surface area (Å²) in [6.45, 7) is 2.18. The lowest BCUT2D eigenvalue weighted by molar-refractivity contribution is -0.145. The molecule has 3 N–H and O–H groups in total. The number of amides is 1. The number of hydroxylamine groups is 1. The SMILES string of the molecule is CCC(NC(=O)O[C@H]1CO[C@H]2OCC[C@H]21)[C@H](O)CN(OC1CCCC1)S(=O)(=O)c1ccc(O)cc1. The highest BCUT2D eigenvalue weighted by atomic mass is 32.2. The Labute approximate surface area is 205 Å². The molecule has 1 unspecified atom stereocenters. The van der Waals surface area contributed by atoms with E-state index < -0.39 is 34.4 Å². The van der Waals surface area contributed by atoms with Gasteiger partial charge in [-0.1, -0.05) is 24.2 Å². The van der Waals surface area contributed by atoms with Crippen LogP contribution in [0.2, 0.25) is 0 Å². The Bertz CT molecular complexity index is 952. The molecule has 1 saturated carbocycles. The van der Waals surface area contributed by atoms with Crippen molar-refractivity contribution in [3.05, 3.63) is 24.3 Å². The lowest BCUT2D eigenvalue weighted by Crippen LogP contribution is -2.50. The molecule has 1 aliphatic carbocycles. The summed E-state index contributed by atoms with van der Waals surface area (Å²) in [4.78, 5) is 18.3. The zero-order valence-corrected chi connectivity index (χ0v) is 20.6. The standard InChI is InChI=1S/C23H34N2O9S/c1-2-19(24-23(28)33-21-14-32-22-18(21)11-12-31-22)20(27)13-25(34-16-5-3-4-6-16)35(29,30)17-9-7-15(26)8-10-17/h7-10,16,18-22,26-27H,2-6,11-14H2,1H3,(H,24,28)/t18-,19?,20+,21-,22+/m0/s1. The van der Waals surface area contributed by atoms with E-state index in [9.17, 15) is 23.4 Å². The van der Waals surface area contributed by atoms with Gasteiger partial charge in [-0.2, -0.15) is 0 Å². The van der Waals surface area contributed by atoms with Crippen molar-refractivity contribution < 1.29 is 42.5 Å². The Morgan fingerprint density at radius 3 is 2.60 bits per heavy atom. The summed E-state index contributed by atoms with van der Waals surface area (Å²) in [5.74, 6) is -0.0827. The molecule has 11 nitrogen and oxygen atoms in total. The number of benzene rings is 1. The fourth-order valence-corrected chi connectivity index (χ4v) is 6.01. The van der Waals surface area contributed by atoms with Gasteiger partial charge in [-0.25, -0.2) is 13.2 Å². The van der Waals surface area contributed by atoms with E-state index in [1.54, 1.807) is 6.92 Å². The van der Waals surface area contributed by atoms with Crippen LogP contribution in [-0.4, -0.2) is 79.6 Å². The second-order valence-corrected chi connectivity index (χ2v) is 11.0. The second-order valence-electron chi connectivity index (χ2n) is 9.19. The fourth-order valence-electron chi connectivity index (χ4n) is 4.71. The molecule has 0 spiro atoms. The first-order valence-electron chi connectivity index (χ1n) is 12.1. The van der Waals surface area contributed by atoms with Gasteiger partial charge in [-0.3, -0.25) is 4.84 Å². The maximum atomic E-state index is 13.3. The zero-order valence-electron chi connectivity index (χ0n) is 19.7. The minimum atomic E-state index is -4.13. The van der Waals surface area contributed by atoms with Crippen molar-refractivity contribution >= 4 is 16.1 Å². The first-order chi connectivity index (χ1) is 16.8. The topological polar surface area (TPSA) is 144 Å². The molecule has 0 radical (unpaired) electrons. The van der Waals surface area contributed by atoms with Gasteiger partial charge in [0.05, 0.1) is 48.8 Å². The molecular formula is C23H34N2O9S. The highest BCUT2D eigenvalue weighted by Crippen LogP contribution is 2.33. The van der Waals surface area contributed by atoms with Crippen LogP contribution in [-0.2, 0) is 29.1 Å². The van der Waals surface area contributed by atoms with Crippen LogP contribution < -0.4 is 5.32 Å². The molecule has 1 amide bonds. The first kappa shape index (κ1) is 26.1. The number of phenolic OH excluding ortho intramolecular Hbond substituents is 1. The Morgan fingerprint density at radius 2 is 1.91 bits per heavy atom. The molecule has 2 aliphatic heterocycles. The van der Waals surface area contributed by atoms with Crippen molar-refractivity contribution in [2.75, 3.05) is 19.8 Å². The Kier molecular flexibility index (Phi) is 8.50. The van der Waals surface area contributed by atoms with E-state index in [0.717, 1.165) is 36.6 Å². The van der Waals surface area contributed by atoms with Crippen LogP contribution >= 0.6 is 0 Å². The van der Waals surface area contributed by atoms with E-state index in [1.807, 2.05) is 0 Å². The third-order valence-electron chi connectivity index (χ3n) is 6.76. The third kappa shape index (κ3) is 6.25. The number of sulfonamides is 1. The van der Waals surface area contributed by atoms with Gasteiger partial charge >= 0.3 is 6.09 Å². The van der Waals surface area contributed by atoms with Crippen molar-refractivity contribution in [3.8, 4) is 5.75 Å². The van der Waals surface area contributed by atoms with Crippen molar-refractivity contribution in [1.29, 1.82) is 0 Å². The average molecular weight is 515 g/mol. The minimum absolute atomic E-state index is 0.0171. The number of alkyl carbamates (subject to hydrolysis) is 1. The molecule has 0 aromatic heterocycles. The summed E-state index contributed by atoms with van der Waals surface area (Å²) in [6, 6.07) is 4.33. The first-order valence-corrected chi connectivity index (χ1v) is 13.6. The van der Waals surface area contributed by atoms with Crippen LogP contribution in [0.1, 0.15) is 45.4 Å². The number of aromatic hydroxyl groups is 1. The van der Waals surface area contributed by atoms with Crippen LogP contribution in [0.3, 0.4) is 0 Å². The number of carbonyl (C=O) groups excluding carboxylic acids is 1. The average Bonchev–Trinajstić information content (AvgIpc) is 3.58. The number of aliphatic hydroxyl groups excluding tert-OH is 1. The fraction of sp³-hybridized carbons (Fsp3) is 0.696. The van der Waals surface area contributed by atoms with Gasteiger partial charge < -0.3 is 29.7 Å². The molecule has 4 rings (SSSR count). The largest absolute Gasteiger partial charge is 0.508 e. The normalized spacial score (nSPS) is 26.5. The van der Waals surface area contributed by atoms with Gasteiger partial charge in [0.1, 0.15) is 11.9 Å². The summed E-state index contributed by atoms with van der Waals surface area (Å²) in [5, 5.41) is 23.1. The highest BCUT2D eigenvalue weighted by Gasteiger charge is 2.44. The van der Waals surface area contributed by atoms with E-state index in [1.165, 1.54) is 24.3 Å². The molecule has 196 valence electrons. The number of aliphatic hydroxyl groups is 1. The molecule has 0 bridgehead atoms. The number of rotatable bonds is 10. The Balaban J connectivity index is 1.41. The van der Waals surface area contributed by atoms with Crippen LogP contribution in [0.4, 0.5) is 4.79 Å². The van der Waals surface area contributed by atoms with Gasteiger partial charge in [0, 0.05) is 0 Å². The number of hydrogen-bond acceptors (Lipinski definition) is 9. The second kappa shape index (κ2) is 11.4. The third-order valence-corrected chi connectivity index (χ3v) is 8.40. The van der Waals surface area contributed by atoms with Gasteiger partial charge in [-0.05, 0) is 49.9 Å². The van der Waals surface area contributed by atoms with Crippen molar-refractivity contribution in [1.82, 2.24) is 9.79 Å². The number of carbonyl (C=O) groups is 1. The van der Waals surface area contributed by atoms with Crippen LogP contribution in [0.25, 0.3) is 0 Å². The maximum Gasteiger partial charge on any atom is 0.407 e. The number of nitrogens with one attached hydrogen (secondary N) is 1. The van der Waals surface area contributed by atoms with Crippen molar-refractivity contribution in [2.24, 2.45) is 5.92 Å². The summed E-state index contributed by atoms with van der Waals surface area (Å²) in [6.07, 6.45) is 1.34.